The monoisotopic (exact) mass is 139 g/mol. The van der Waals surface area contributed by atoms with E-state index in [4.69, 9.17) is 6.42 Å². The van der Waals surface area contributed by atoms with Gasteiger partial charge in [-0.1, -0.05) is 6.92 Å². The molecule has 0 aromatic carbocycles. The van der Waals surface area contributed by atoms with Gasteiger partial charge in [0, 0.05) is 12.8 Å². The Morgan fingerprint density at radius 3 is 2.70 bits per heavy atom. The van der Waals surface area contributed by atoms with Crippen molar-refractivity contribution in [2.45, 2.75) is 25.8 Å². The molecule has 0 aliphatic heterocycles. The second-order valence-electron chi connectivity index (χ2n) is 2.07. The van der Waals surface area contributed by atoms with E-state index in [-0.39, 0.29) is 11.8 Å². The van der Waals surface area contributed by atoms with Gasteiger partial charge in [-0.05, 0) is 7.05 Å². The topological polar surface area (TPSA) is 29.1 Å². The Hall–Kier alpha value is -0.810. The van der Waals surface area contributed by atoms with Crippen LogP contribution in [-0.4, -0.2) is 18.9 Å². The van der Waals surface area contributed by atoms with Crippen LogP contribution in [-0.2, 0) is 4.79 Å². The summed E-state index contributed by atoms with van der Waals surface area (Å²) in [5, 5.41) is 2.86. The van der Waals surface area contributed by atoms with Gasteiger partial charge in [-0.2, -0.15) is 0 Å². The van der Waals surface area contributed by atoms with E-state index >= 15 is 0 Å². The first-order valence-corrected chi connectivity index (χ1v) is 3.39. The molecule has 0 saturated carbocycles. The SMILES string of the molecule is C#CC[C@H](NC)C(=O)CC. The van der Waals surface area contributed by atoms with E-state index < -0.39 is 0 Å². The summed E-state index contributed by atoms with van der Waals surface area (Å²) in [6, 6.07) is -0.144. The molecule has 10 heavy (non-hydrogen) atoms. The molecule has 1 N–H and O–H groups in total. The van der Waals surface area contributed by atoms with Crippen molar-refractivity contribution in [3.8, 4) is 12.3 Å². The summed E-state index contributed by atoms with van der Waals surface area (Å²) in [7, 11) is 1.75. The van der Waals surface area contributed by atoms with Crippen molar-refractivity contribution >= 4 is 5.78 Å². The van der Waals surface area contributed by atoms with E-state index in [1.54, 1.807) is 7.05 Å². The van der Waals surface area contributed by atoms with Crippen LogP contribution in [0.25, 0.3) is 0 Å². The number of hydrogen-bond acceptors (Lipinski definition) is 2. The molecule has 2 nitrogen and oxygen atoms in total. The molecule has 0 heterocycles. The second kappa shape index (κ2) is 5.01. The molecule has 0 aromatic rings. The molecular formula is C8H13NO. The molecule has 56 valence electrons. The van der Waals surface area contributed by atoms with Crippen molar-refractivity contribution in [3.63, 3.8) is 0 Å². The lowest BCUT2D eigenvalue weighted by Crippen LogP contribution is -2.32. The van der Waals surface area contributed by atoms with Crippen molar-refractivity contribution in [3.05, 3.63) is 0 Å². The first kappa shape index (κ1) is 9.19. The van der Waals surface area contributed by atoms with Crippen molar-refractivity contribution in [1.29, 1.82) is 0 Å². The summed E-state index contributed by atoms with van der Waals surface area (Å²) in [6.45, 7) is 1.84. The summed E-state index contributed by atoms with van der Waals surface area (Å²) in [6.07, 6.45) is 6.09. The van der Waals surface area contributed by atoms with Gasteiger partial charge in [-0.3, -0.25) is 4.79 Å². The smallest absolute Gasteiger partial charge is 0.150 e. The summed E-state index contributed by atoms with van der Waals surface area (Å²) < 4.78 is 0. The minimum Gasteiger partial charge on any atom is -0.310 e. The lowest BCUT2D eigenvalue weighted by atomic mass is 10.1. The highest BCUT2D eigenvalue weighted by molar-refractivity contribution is 5.83. The molecular weight excluding hydrogens is 126 g/mol. The zero-order valence-corrected chi connectivity index (χ0v) is 6.48. The van der Waals surface area contributed by atoms with Crippen LogP contribution in [0.15, 0.2) is 0 Å². The van der Waals surface area contributed by atoms with Crippen LogP contribution in [0, 0.1) is 12.3 Å². The van der Waals surface area contributed by atoms with Crippen LogP contribution in [0.2, 0.25) is 0 Å². The maximum absolute atomic E-state index is 11.0. The number of carbonyl (C=O) groups is 1. The van der Waals surface area contributed by atoms with Crippen LogP contribution >= 0.6 is 0 Å². The lowest BCUT2D eigenvalue weighted by Gasteiger charge is -2.09. The first-order valence-electron chi connectivity index (χ1n) is 3.39. The largest absolute Gasteiger partial charge is 0.310 e. The Balaban J connectivity index is 3.83. The maximum atomic E-state index is 11.0. The molecule has 0 aliphatic carbocycles. The summed E-state index contributed by atoms with van der Waals surface area (Å²) in [5.41, 5.74) is 0. The lowest BCUT2D eigenvalue weighted by molar-refractivity contribution is -0.120. The molecule has 0 rings (SSSR count). The fourth-order valence-electron chi connectivity index (χ4n) is 0.741. The number of carbonyl (C=O) groups excluding carboxylic acids is 1. The second-order valence-corrected chi connectivity index (χ2v) is 2.07. The number of rotatable bonds is 4. The average Bonchev–Trinajstić information content (AvgIpc) is 1.99. The molecule has 1 atom stereocenters. The molecule has 0 fully saturated rings. The first-order chi connectivity index (χ1) is 4.76. The predicted molar refractivity (Wildman–Crippen MR) is 41.6 cm³/mol. The fraction of sp³-hybridized carbons (Fsp3) is 0.625. The average molecular weight is 139 g/mol. The number of terminal acetylenes is 1. The van der Waals surface area contributed by atoms with Crippen LogP contribution < -0.4 is 5.32 Å². The van der Waals surface area contributed by atoms with Gasteiger partial charge in [0.2, 0.25) is 0 Å². The number of hydrogen-bond donors (Lipinski definition) is 1. The van der Waals surface area contributed by atoms with Gasteiger partial charge in [0.15, 0.2) is 0 Å². The highest BCUT2D eigenvalue weighted by Crippen LogP contribution is 1.94. The molecule has 0 amide bonds. The third-order valence-electron chi connectivity index (χ3n) is 1.41. The molecule has 0 saturated heterocycles. The van der Waals surface area contributed by atoms with Gasteiger partial charge in [0.05, 0.1) is 6.04 Å². The maximum Gasteiger partial charge on any atom is 0.150 e. The molecule has 0 radical (unpaired) electrons. The van der Waals surface area contributed by atoms with E-state index in [0.717, 1.165) is 0 Å². The Morgan fingerprint density at radius 1 is 1.80 bits per heavy atom. The Bertz CT molecular complexity index is 146. The van der Waals surface area contributed by atoms with Crippen molar-refractivity contribution in [1.82, 2.24) is 5.32 Å². The minimum absolute atomic E-state index is 0.144. The standard InChI is InChI=1S/C8H13NO/c1-4-6-7(9-3)8(10)5-2/h1,7,9H,5-6H2,2-3H3/t7-/m0/s1. The number of ketones is 1. The zero-order valence-electron chi connectivity index (χ0n) is 6.48. The quantitative estimate of drug-likeness (QED) is 0.577. The van der Waals surface area contributed by atoms with E-state index in [2.05, 4.69) is 11.2 Å². The van der Waals surface area contributed by atoms with E-state index in [9.17, 15) is 4.79 Å². The number of Topliss-reactive ketones (excluding diaryl/α,β-unsaturated/α-hetero) is 1. The third kappa shape index (κ3) is 2.65. The molecule has 2 heteroatoms. The highest BCUT2D eigenvalue weighted by Gasteiger charge is 2.11. The Morgan fingerprint density at radius 2 is 2.40 bits per heavy atom. The fourth-order valence-corrected chi connectivity index (χ4v) is 0.741. The van der Waals surface area contributed by atoms with Gasteiger partial charge in [0.1, 0.15) is 5.78 Å². The molecule has 0 aromatic heterocycles. The van der Waals surface area contributed by atoms with Crippen molar-refractivity contribution < 1.29 is 4.79 Å². The third-order valence-corrected chi connectivity index (χ3v) is 1.41. The van der Waals surface area contributed by atoms with Crippen LogP contribution in [0.1, 0.15) is 19.8 Å². The normalized spacial score (nSPS) is 12.1. The number of nitrogens with one attached hydrogen (secondary N) is 1. The van der Waals surface area contributed by atoms with E-state index in [0.29, 0.717) is 12.8 Å². The Kier molecular flexibility index (Phi) is 4.61. The van der Waals surface area contributed by atoms with Gasteiger partial charge in [-0.25, -0.2) is 0 Å². The van der Waals surface area contributed by atoms with Gasteiger partial charge < -0.3 is 5.32 Å². The highest BCUT2D eigenvalue weighted by atomic mass is 16.1. The molecule has 0 bridgehead atoms. The minimum atomic E-state index is -0.144. The van der Waals surface area contributed by atoms with Crippen LogP contribution in [0.5, 0.6) is 0 Å². The van der Waals surface area contributed by atoms with Crippen molar-refractivity contribution in [2.75, 3.05) is 7.05 Å². The van der Waals surface area contributed by atoms with Gasteiger partial charge in [0.25, 0.3) is 0 Å². The summed E-state index contributed by atoms with van der Waals surface area (Å²) in [5.74, 6) is 2.63. The van der Waals surface area contributed by atoms with Gasteiger partial charge in [-0.15, -0.1) is 12.3 Å². The molecule has 0 aliphatic rings. The molecule has 0 unspecified atom stereocenters. The summed E-state index contributed by atoms with van der Waals surface area (Å²) >= 11 is 0. The van der Waals surface area contributed by atoms with E-state index in [1.165, 1.54) is 0 Å². The van der Waals surface area contributed by atoms with E-state index in [1.807, 2.05) is 6.92 Å². The summed E-state index contributed by atoms with van der Waals surface area (Å²) in [4.78, 5) is 11.0. The Labute approximate surface area is 62.0 Å². The van der Waals surface area contributed by atoms with Crippen LogP contribution in [0.3, 0.4) is 0 Å². The zero-order chi connectivity index (χ0) is 7.98. The van der Waals surface area contributed by atoms with Gasteiger partial charge >= 0.3 is 0 Å². The predicted octanol–water partition coefficient (Wildman–Crippen LogP) is 0.577. The van der Waals surface area contributed by atoms with Crippen molar-refractivity contribution in [2.24, 2.45) is 0 Å². The number of likely N-dealkylation sites (N-methyl/N-ethyl adjacent to an activating group) is 1. The molecule has 0 spiro atoms. The van der Waals surface area contributed by atoms with Crippen LogP contribution in [0.4, 0.5) is 0 Å².